The number of carboxylic acids is 1. The summed E-state index contributed by atoms with van der Waals surface area (Å²) in [5.74, 6) is 0.0241. The maximum atomic E-state index is 10.5. The molecule has 1 aliphatic heterocycles. The summed E-state index contributed by atoms with van der Waals surface area (Å²) in [5, 5.41) is 17.8. The number of hydrogen-bond acceptors (Lipinski definition) is 4. The van der Waals surface area contributed by atoms with Crippen molar-refractivity contribution in [2.75, 3.05) is 13.2 Å². The molecule has 0 aliphatic carbocycles. The monoisotopic (exact) mass is 224 g/mol. The Hall–Kier alpha value is -1.75. The highest BCUT2D eigenvalue weighted by Crippen LogP contribution is 2.31. The van der Waals surface area contributed by atoms with Gasteiger partial charge in [-0.15, -0.1) is 0 Å². The normalized spacial score (nSPS) is 15.6. The highest BCUT2D eigenvalue weighted by atomic mass is 16.6. The standard InChI is InChI=1S/C11H12O5/c12-8(11(13)14)5-7-1-2-9-10(6-7)16-4-3-15-9/h1-2,6,8,12H,3-5H2,(H,13,14)/t8-/m1/s1. The van der Waals surface area contributed by atoms with E-state index in [9.17, 15) is 9.90 Å². The van der Waals surface area contributed by atoms with Crippen molar-refractivity contribution in [2.24, 2.45) is 0 Å². The minimum atomic E-state index is -1.39. The summed E-state index contributed by atoms with van der Waals surface area (Å²) >= 11 is 0. The molecule has 0 unspecified atom stereocenters. The summed E-state index contributed by atoms with van der Waals surface area (Å²) in [6, 6.07) is 5.14. The summed E-state index contributed by atoms with van der Waals surface area (Å²) in [6.07, 6.45) is -1.33. The lowest BCUT2D eigenvalue weighted by molar-refractivity contribution is -0.146. The first-order valence-electron chi connectivity index (χ1n) is 4.96. The number of aliphatic carboxylic acids is 1. The van der Waals surface area contributed by atoms with E-state index in [1.54, 1.807) is 18.2 Å². The predicted octanol–water partition coefficient (Wildman–Crippen LogP) is 0.446. The molecule has 2 rings (SSSR count). The van der Waals surface area contributed by atoms with Crippen LogP contribution in [0.4, 0.5) is 0 Å². The second-order valence-corrected chi connectivity index (χ2v) is 3.54. The lowest BCUT2D eigenvalue weighted by Gasteiger charge is -2.19. The highest BCUT2D eigenvalue weighted by molar-refractivity contribution is 5.72. The van der Waals surface area contributed by atoms with E-state index in [1.807, 2.05) is 0 Å². The zero-order valence-electron chi connectivity index (χ0n) is 8.55. The van der Waals surface area contributed by atoms with Crippen LogP contribution in [0.15, 0.2) is 18.2 Å². The number of aliphatic hydroxyl groups excluding tert-OH is 1. The van der Waals surface area contributed by atoms with Crippen LogP contribution in [0.5, 0.6) is 11.5 Å². The topological polar surface area (TPSA) is 76.0 Å². The Morgan fingerprint density at radius 1 is 1.31 bits per heavy atom. The van der Waals surface area contributed by atoms with Gasteiger partial charge in [0.2, 0.25) is 0 Å². The SMILES string of the molecule is O=C(O)[C@H](O)Cc1ccc2c(c1)OCCO2. The van der Waals surface area contributed by atoms with Crippen LogP contribution in [0.1, 0.15) is 5.56 Å². The summed E-state index contributed by atoms with van der Waals surface area (Å²) in [5.41, 5.74) is 0.708. The third-order valence-electron chi connectivity index (χ3n) is 2.32. The second-order valence-electron chi connectivity index (χ2n) is 3.54. The molecule has 0 fully saturated rings. The first kappa shape index (κ1) is 10.8. The summed E-state index contributed by atoms with van der Waals surface area (Å²) < 4.78 is 10.7. The van der Waals surface area contributed by atoms with Crippen LogP contribution >= 0.6 is 0 Å². The van der Waals surface area contributed by atoms with Crippen LogP contribution in [0, 0.1) is 0 Å². The largest absolute Gasteiger partial charge is 0.486 e. The van der Waals surface area contributed by atoms with Gasteiger partial charge in [-0.25, -0.2) is 4.79 Å². The number of carbonyl (C=O) groups is 1. The molecule has 0 spiro atoms. The Balaban J connectivity index is 2.14. The highest BCUT2D eigenvalue weighted by Gasteiger charge is 2.16. The zero-order chi connectivity index (χ0) is 11.5. The number of hydrogen-bond donors (Lipinski definition) is 2. The second kappa shape index (κ2) is 4.40. The Morgan fingerprint density at radius 3 is 2.69 bits per heavy atom. The fraction of sp³-hybridized carbons (Fsp3) is 0.364. The first-order valence-corrected chi connectivity index (χ1v) is 4.96. The van der Waals surface area contributed by atoms with E-state index in [-0.39, 0.29) is 6.42 Å². The molecule has 1 heterocycles. The molecule has 5 heteroatoms. The van der Waals surface area contributed by atoms with Crippen molar-refractivity contribution in [3.05, 3.63) is 23.8 Å². The molecule has 5 nitrogen and oxygen atoms in total. The number of fused-ring (bicyclic) bond motifs is 1. The molecule has 0 bridgehead atoms. The third kappa shape index (κ3) is 2.25. The van der Waals surface area contributed by atoms with Crippen LogP contribution in [-0.2, 0) is 11.2 Å². The van der Waals surface area contributed by atoms with Gasteiger partial charge in [0.25, 0.3) is 0 Å². The number of rotatable bonds is 3. The van der Waals surface area contributed by atoms with Crippen LogP contribution in [-0.4, -0.2) is 35.5 Å². The minimum absolute atomic E-state index is 0.0615. The van der Waals surface area contributed by atoms with Gasteiger partial charge < -0.3 is 19.7 Å². The smallest absolute Gasteiger partial charge is 0.332 e. The molecule has 1 atom stereocenters. The van der Waals surface area contributed by atoms with E-state index in [0.717, 1.165) is 0 Å². The zero-order valence-corrected chi connectivity index (χ0v) is 8.55. The van der Waals surface area contributed by atoms with Crippen molar-refractivity contribution in [3.63, 3.8) is 0 Å². The molecule has 1 aromatic carbocycles. The van der Waals surface area contributed by atoms with E-state index in [0.29, 0.717) is 30.3 Å². The number of aliphatic hydroxyl groups is 1. The van der Waals surface area contributed by atoms with Crippen molar-refractivity contribution < 1.29 is 24.5 Å². The molecule has 86 valence electrons. The minimum Gasteiger partial charge on any atom is -0.486 e. The molecule has 16 heavy (non-hydrogen) atoms. The third-order valence-corrected chi connectivity index (χ3v) is 2.32. The van der Waals surface area contributed by atoms with Crippen LogP contribution in [0.25, 0.3) is 0 Å². The van der Waals surface area contributed by atoms with Crippen molar-refractivity contribution in [1.82, 2.24) is 0 Å². The molecule has 0 amide bonds. The number of benzene rings is 1. The van der Waals surface area contributed by atoms with Gasteiger partial charge in [0, 0.05) is 6.42 Å². The summed E-state index contributed by atoms with van der Waals surface area (Å²) in [7, 11) is 0. The average Bonchev–Trinajstić information content (AvgIpc) is 2.28. The summed E-state index contributed by atoms with van der Waals surface area (Å²) in [4.78, 5) is 10.5. The van der Waals surface area contributed by atoms with Crippen LogP contribution in [0.2, 0.25) is 0 Å². The van der Waals surface area contributed by atoms with Gasteiger partial charge in [-0.1, -0.05) is 6.07 Å². The molecule has 0 radical (unpaired) electrons. The number of ether oxygens (including phenoxy) is 2. The van der Waals surface area contributed by atoms with Gasteiger partial charge in [-0.3, -0.25) is 0 Å². The maximum Gasteiger partial charge on any atom is 0.332 e. The Labute approximate surface area is 92.2 Å². The fourth-order valence-corrected chi connectivity index (χ4v) is 1.53. The molecule has 0 aromatic heterocycles. The van der Waals surface area contributed by atoms with Crippen molar-refractivity contribution >= 4 is 5.97 Å². The Kier molecular flexibility index (Phi) is 2.96. The van der Waals surface area contributed by atoms with E-state index in [2.05, 4.69) is 0 Å². The van der Waals surface area contributed by atoms with Gasteiger partial charge >= 0.3 is 5.97 Å². The molecule has 1 aliphatic rings. The van der Waals surface area contributed by atoms with Crippen LogP contribution < -0.4 is 9.47 Å². The predicted molar refractivity (Wildman–Crippen MR) is 54.8 cm³/mol. The maximum absolute atomic E-state index is 10.5. The van der Waals surface area contributed by atoms with Gasteiger partial charge in [0.15, 0.2) is 17.6 Å². The molecular formula is C11H12O5. The Bertz CT molecular complexity index is 401. The van der Waals surface area contributed by atoms with Gasteiger partial charge in [0.1, 0.15) is 13.2 Å². The van der Waals surface area contributed by atoms with E-state index < -0.39 is 12.1 Å². The molecule has 1 aromatic rings. The van der Waals surface area contributed by atoms with Gasteiger partial charge in [-0.2, -0.15) is 0 Å². The Morgan fingerprint density at radius 2 is 2.00 bits per heavy atom. The lowest BCUT2D eigenvalue weighted by Crippen LogP contribution is -2.22. The molecule has 0 saturated heterocycles. The average molecular weight is 224 g/mol. The summed E-state index contributed by atoms with van der Waals surface area (Å²) in [6.45, 7) is 1.00. The number of carboxylic acid groups (broad SMARTS) is 1. The first-order chi connectivity index (χ1) is 7.66. The molecule has 0 saturated carbocycles. The van der Waals surface area contributed by atoms with Crippen molar-refractivity contribution in [1.29, 1.82) is 0 Å². The fourth-order valence-electron chi connectivity index (χ4n) is 1.53. The van der Waals surface area contributed by atoms with Gasteiger partial charge in [0.05, 0.1) is 0 Å². The van der Waals surface area contributed by atoms with Gasteiger partial charge in [-0.05, 0) is 17.7 Å². The van der Waals surface area contributed by atoms with E-state index in [4.69, 9.17) is 14.6 Å². The quantitative estimate of drug-likeness (QED) is 0.779. The van der Waals surface area contributed by atoms with Crippen LogP contribution in [0.3, 0.4) is 0 Å². The van der Waals surface area contributed by atoms with E-state index >= 15 is 0 Å². The lowest BCUT2D eigenvalue weighted by atomic mass is 10.1. The van der Waals surface area contributed by atoms with Crippen molar-refractivity contribution in [2.45, 2.75) is 12.5 Å². The molecular weight excluding hydrogens is 212 g/mol. The van der Waals surface area contributed by atoms with E-state index in [1.165, 1.54) is 0 Å². The molecule has 2 N–H and O–H groups in total. The van der Waals surface area contributed by atoms with Crippen molar-refractivity contribution in [3.8, 4) is 11.5 Å².